The van der Waals surface area contributed by atoms with Crippen LogP contribution in [0.2, 0.25) is 0 Å². The molecule has 0 fully saturated rings. The van der Waals surface area contributed by atoms with E-state index in [1.54, 1.807) is 23.2 Å². The summed E-state index contributed by atoms with van der Waals surface area (Å²) >= 11 is 0. The van der Waals surface area contributed by atoms with E-state index in [1.807, 2.05) is 36.4 Å². The van der Waals surface area contributed by atoms with Crippen LogP contribution in [0.5, 0.6) is 0 Å². The van der Waals surface area contributed by atoms with Crippen LogP contribution >= 0.6 is 0 Å². The van der Waals surface area contributed by atoms with Gasteiger partial charge in [-0.2, -0.15) is 0 Å². The number of imidazole rings is 1. The lowest BCUT2D eigenvalue weighted by molar-refractivity contribution is 0.795. The second-order valence-electron chi connectivity index (χ2n) is 5.82. The minimum Gasteiger partial charge on any atom is -0.338 e. The molecule has 0 atom stereocenters. The van der Waals surface area contributed by atoms with Gasteiger partial charge in [-0.3, -0.25) is 9.13 Å². The number of para-hydroxylation sites is 1. The lowest BCUT2D eigenvalue weighted by Crippen LogP contribution is -2.19. The minimum absolute atomic E-state index is 0.0497. The molecule has 0 aliphatic carbocycles. The molecule has 0 bridgehead atoms. The van der Waals surface area contributed by atoms with Crippen molar-refractivity contribution >= 4 is 44.1 Å². The Bertz CT molecular complexity index is 1310. The van der Waals surface area contributed by atoms with Crippen molar-refractivity contribution in [3.05, 3.63) is 46.9 Å². The van der Waals surface area contributed by atoms with E-state index in [1.165, 1.54) is 0 Å². The van der Waals surface area contributed by atoms with E-state index in [4.69, 9.17) is 9.97 Å². The summed E-state index contributed by atoms with van der Waals surface area (Å²) in [7, 11) is 3.54. The normalized spacial score (nSPS) is 12.1. The van der Waals surface area contributed by atoms with Gasteiger partial charge in [0.25, 0.3) is 0 Å². The van der Waals surface area contributed by atoms with Gasteiger partial charge in [-0.15, -0.1) is 0 Å². The molecule has 6 heteroatoms. The molecule has 3 aromatic heterocycles. The highest BCUT2D eigenvalue weighted by molar-refractivity contribution is 6.06. The Kier molecular flexibility index (Phi) is 2.15. The highest BCUT2D eigenvalue weighted by Gasteiger charge is 2.13. The number of H-pyrrole nitrogens is 1. The molecule has 0 radical (unpaired) electrons. The monoisotopic (exact) mass is 303 g/mol. The summed E-state index contributed by atoms with van der Waals surface area (Å²) in [4.78, 5) is 24.9. The van der Waals surface area contributed by atoms with E-state index >= 15 is 0 Å². The Hall–Kier alpha value is -3.15. The molecule has 5 aromatic rings. The Labute approximate surface area is 130 Å². The van der Waals surface area contributed by atoms with Crippen molar-refractivity contribution in [1.82, 2.24) is 24.1 Å². The Morgan fingerprint density at radius 3 is 2.35 bits per heavy atom. The van der Waals surface area contributed by atoms with Crippen molar-refractivity contribution in [3.8, 4) is 0 Å². The van der Waals surface area contributed by atoms with E-state index in [-0.39, 0.29) is 5.69 Å². The number of rotatable bonds is 0. The predicted molar refractivity (Wildman–Crippen MR) is 90.6 cm³/mol. The summed E-state index contributed by atoms with van der Waals surface area (Å²) in [6.45, 7) is 0. The first-order valence-electron chi connectivity index (χ1n) is 7.37. The van der Waals surface area contributed by atoms with Gasteiger partial charge in [0.05, 0.1) is 22.1 Å². The van der Waals surface area contributed by atoms with E-state index in [0.717, 1.165) is 44.1 Å². The molecular formula is C17H13N5O. The van der Waals surface area contributed by atoms with Gasteiger partial charge in [-0.1, -0.05) is 18.2 Å². The average molecular weight is 303 g/mol. The fraction of sp³-hybridized carbons (Fsp3) is 0.118. The quantitative estimate of drug-likeness (QED) is 0.478. The zero-order valence-corrected chi connectivity index (χ0v) is 12.7. The first-order chi connectivity index (χ1) is 11.1. The van der Waals surface area contributed by atoms with Crippen LogP contribution in [-0.4, -0.2) is 24.1 Å². The average Bonchev–Trinajstić information content (AvgIpc) is 3.02. The van der Waals surface area contributed by atoms with Crippen molar-refractivity contribution in [2.45, 2.75) is 0 Å². The van der Waals surface area contributed by atoms with Gasteiger partial charge in [0.1, 0.15) is 5.52 Å². The maximum atomic E-state index is 12.1. The summed E-state index contributed by atoms with van der Waals surface area (Å²) < 4.78 is 3.27. The number of aryl methyl sites for hydroxylation is 2. The molecule has 0 aliphatic heterocycles. The van der Waals surface area contributed by atoms with Crippen LogP contribution in [0.4, 0.5) is 0 Å². The SMILES string of the molecule is Cn1c(=O)n(C)c2cc3nc4c(nc3cc21)[nH]c1ccccc14. The van der Waals surface area contributed by atoms with E-state index in [9.17, 15) is 4.79 Å². The fourth-order valence-corrected chi connectivity index (χ4v) is 3.25. The van der Waals surface area contributed by atoms with Gasteiger partial charge in [0, 0.05) is 25.0 Å². The molecule has 2 aromatic carbocycles. The smallest absolute Gasteiger partial charge is 0.328 e. The zero-order chi connectivity index (χ0) is 15.7. The summed E-state index contributed by atoms with van der Waals surface area (Å²) in [5, 5.41) is 1.05. The predicted octanol–water partition coefficient (Wildman–Crippen LogP) is 2.45. The fourth-order valence-electron chi connectivity index (χ4n) is 3.25. The molecule has 3 heterocycles. The molecule has 5 rings (SSSR count). The van der Waals surface area contributed by atoms with Crippen LogP contribution in [-0.2, 0) is 14.1 Å². The van der Waals surface area contributed by atoms with Crippen molar-refractivity contribution in [2.24, 2.45) is 14.1 Å². The van der Waals surface area contributed by atoms with Crippen LogP contribution in [0.15, 0.2) is 41.2 Å². The number of aromatic nitrogens is 5. The summed E-state index contributed by atoms with van der Waals surface area (Å²) in [5.74, 6) is 0. The van der Waals surface area contributed by atoms with Gasteiger partial charge in [0.15, 0.2) is 5.65 Å². The van der Waals surface area contributed by atoms with Gasteiger partial charge >= 0.3 is 5.69 Å². The van der Waals surface area contributed by atoms with E-state index in [0.29, 0.717) is 0 Å². The second kappa shape index (κ2) is 3.98. The summed E-state index contributed by atoms with van der Waals surface area (Å²) in [6, 6.07) is 11.9. The molecule has 1 N–H and O–H groups in total. The number of aromatic amines is 1. The van der Waals surface area contributed by atoms with Crippen molar-refractivity contribution in [3.63, 3.8) is 0 Å². The number of nitrogens with one attached hydrogen (secondary N) is 1. The topological polar surface area (TPSA) is 68.5 Å². The van der Waals surface area contributed by atoms with Gasteiger partial charge in [0.2, 0.25) is 0 Å². The van der Waals surface area contributed by atoms with Crippen molar-refractivity contribution < 1.29 is 0 Å². The number of nitrogens with zero attached hydrogens (tertiary/aromatic N) is 4. The highest BCUT2D eigenvalue weighted by Crippen LogP contribution is 2.26. The number of hydrogen-bond acceptors (Lipinski definition) is 3. The molecule has 23 heavy (non-hydrogen) atoms. The van der Waals surface area contributed by atoms with Crippen LogP contribution in [0.1, 0.15) is 0 Å². The van der Waals surface area contributed by atoms with Gasteiger partial charge in [-0.25, -0.2) is 14.8 Å². The molecule has 0 aliphatic rings. The highest BCUT2D eigenvalue weighted by atomic mass is 16.1. The van der Waals surface area contributed by atoms with Crippen molar-refractivity contribution in [2.75, 3.05) is 0 Å². The largest absolute Gasteiger partial charge is 0.338 e. The third kappa shape index (κ3) is 1.49. The van der Waals surface area contributed by atoms with Crippen LogP contribution < -0.4 is 5.69 Å². The molecule has 112 valence electrons. The summed E-state index contributed by atoms with van der Waals surface area (Å²) in [6.07, 6.45) is 0. The third-order valence-electron chi connectivity index (χ3n) is 4.49. The van der Waals surface area contributed by atoms with Crippen LogP contribution in [0.25, 0.3) is 44.1 Å². The Balaban J connectivity index is 2.00. The minimum atomic E-state index is -0.0497. The van der Waals surface area contributed by atoms with Gasteiger partial charge in [-0.05, 0) is 18.2 Å². The number of hydrogen-bond donors (Lipinski definition) is 1. The Morgan fingerprint density at radius 2 is 1.61 bits per heavy atom. The Morgan fingerprint density at radius 1 is 0.957 bits per heavy atom. The first-order valence-corrected chi connectivity index (χ1v) is 7.37. The zero-order valence-electron chi connectivity index (χ0n) is 12.7. The lowest BCUT2D eigenvalue weighted by atomic mass is 10.2. The molecule has 0 unspecified atom stereocenters. The molecule has 0 amide bonds. The maximum Gasteiger partial charge on any atom is 0.328 e. The van der Waals surface area contributed by atoms with Crippen molar-refractivity contribution in [1.29, 1.82) is 0 Å². The van der Waals surface area contributed by atoms with E-state index in [2.05, 4.69) is 4.98 Å². The molecule has 6 nitrogen and oxygen atoms in total. The van der Waals surface area contributed by atoms with E-state index < -0.39 is 0 Å². The lowest BCUT2D eigenvalue weighted by Gasteiger charge is -2.00. The van der Waals surface area contributed by atoms with Crippen LogP contribution in [0.3, 0.4) is 0 Å². The van der Waals surface area contributed by atoms with Gasteiger partial charge < -0.3 is 4.98 Å². The molecule has 0 saturated carbocycles. The second-order valence-corrected chi connectivity index (χ2v) is 5.82. The maximum absolute atomic E-state index is 12.1. The molecule has 0 spiro atoms. The van der Waals surface area contributed by atoms with Crippen LogP contribution in [0, 0.1) is 0 Å². The number of fused-ring (bicyclic) bond motifs is 5. The molecule has 0 saturated heterocycles. The third-order valence-corrected chi connectivity index (χ3v) is 4.49. The first kappa shape index (κ1) is 12.4. The summed E-state index contributed by atoms with van der Waals surface area (Å²) in [5.41, 5.74) is 5.87. The molecular weight excluding hydrogens is 290 g/mol. The standard InChI is InChI=1S/C17H13N5O/c1-21-13-7-11-12(8-14(13)22(2)17(21)23)20-16-15(18-11)9-5-3-4-6-10(9)19-16/h3-8H,1-2H3,(H,19,20). The number of benzene rings is 2.